The van der Waals surface area contributed by atoms with Crippen molar-refractivity contribution in [1.82, 2.24) is 14.1 Å². The fraction of sp³-hybridized carbons (Fsp3) is 0.200. The summed E-state index contributed by atoms with van der Waals surface area (Å²) in [6.07, 6.45) is 0. The minimum atomic E-state index is -0.224. The standard InChI is InChI=1S/C20H20N4O2/c1-3-23-17-6-4-5-7-18(17)24(20(23)26)12-19(25)22-15-8-9-16-14(11-15)10-13(2)21-16/h4-11,21H,3,12H2,1-2H3,(H,22,25). The van der Waals surface area contributed by atoms with Crippen molar-refractivity contribution in [2.24, 2.45) is 0 Å². The quantitative estimate of drug-likeness (QED) is 0.594. The number of benzene rings is 2. The molecule has 0 bridgehead atoms. The molecule has 0 radical (unpaired) electrons. The summed E-state index contributed by atoms with van der Waals surface area (Å²) < 4.78 is 3.20. The molecule has 2 heterocycles. The van der Waals surface area contributed by atoms with E-state index in [2.05, 4.69) is 10.3 Å². The van der Waals surface area contributed by atoms with Crippen LogP contribution in [0.1, 0.15) is 12.6 Å². The number of fused-ring (bicyclic) bond motifs is 2. The van der Waals surface area contributed by atoms with Gasteiger partial charge in [0.1, 0.15) is 6.54 Å². The Kier molecular flexibility index (Phi) is 3.88. The number of aromatic amines is 1. The second-order valence-corrected chi connectivity index (χ2v) is 6.40. The fourth-order valence-corrected chi connectivity index (χ4v) is 3.43. The highest BCUT2D eigenvalue weighted by Crippen LogP contribution is 2.20. The van der Waals surface area contributed by atoms with Crippen LogP contribution < -0.4 is 11.0 Å². The minimum Gasteiger partial charge on any atom is -0.359 e. The van der Waals surface area contributed by atoms with Gasteiger partial charge in [-0.1, -0.05) is 12.1 Å². The highest BCUT2D eigenvalue weighted by atomic mass is 16.2. The maximum absolute atomic E-state index is 12.6. The van der Waals surface area contributed by atoms with Crippen LogP contribution in [0.25, 0.3) is 21.9 Å². The minimum absolute atomic E-state index is 0.0173. The SMILES string of the molecule is CCn1c(=O)n(CC(=O)Nc2ccc3[nH]c(C)cc3c2)c2ccccc21. The number of carbonyl (C=O) groups is 1. The zero-order valence-electron chi connectivity index (χ0n) is 14.7. The first-order valence-electron chi connectivity index (χ1n) is 8.64. The van der Waals surface area contributed by atoms with Crippen molar-refractivity contribution in [3.05, 3.63) is 64.7 Å². The molecule has 0 spiro atoms. The number of hydrogen-bond acceptors (Lipinski definition) is 2. The Hall–Kier alpha value is -3.28. The van der Waals surface area contributed by atoms with Crippen LogP contribution in [-0.2, 0) is 17.9 Å². The molecule has 1 amide bonds. The summed E-state index contributed by atoms with van der Waals surface area (Å²) in [7, 11) is 0. The molecule has 4 aromatic rings. The van der Waals surface area contributed by atoms with Gasteiger partial charge in [-0.2, -0.15) is 0 Å². The summed E-state index contributed by atoms with van der Waals surface area (Å²) in [6, 6.07) is 15.3. The van der Waals surface area contributed by atoms with Crippen molar-refractivity contribution in [2.45, 2.75) is 26.9 Å². The maximum Gasteiger partial charge on any atom is 0.329 e. The number of nitrogens with zero attached hydrogens (tertiary/aromatic N) is 2. The molecule has 0 saturated heterocycles. The van der Waals surface area contributed by atoms with Crippen molar-refractivity contribution in [1.29, 1.82) is 0 Å². The average molecular weight is 348 g/mol. The van der Waals surface area contributed by atoms with Crippen LogP contribution in [-0.4, -0.2) is 20.0 Å². The van der Waals surface area contributed by atoms with Crippen LogP contribution in [0.2, 0.25) is 0 Å². The van der Waals surface area contributed by atoms with Gasteiger partial charge in [0, 0.05) is 28.8 Å². The van der Waals surface area contributed by atoms with Crippen LogP contribution in [0.4, 0.5) is 5.69 Å². The van der Waals surface area contributed by atoms with Gasteiger partial charge in [-0.25, -0.2) is 4.79 Å². The first-order chi connectivity index (χ1) is 12.6. The Balaban J connectivity index is 1.62. The summed E-state index contributed by atoms with van der Waals surface area (Å²) in [5.74, 6) is -0.224. The summed E-state index contributed by atoms with van der Waals surface area (Å²) in [4.78, 5) is 28.4. The Bertz CT molecular complexity index is 1180. The van der Waals surface area contributed by atoms with E-state index in [1.165, 1.54) is 4.57 Å². The highest BCUT2D eigenvalue weighted by molar-refractivity contribution is 5.94. The largest absolute Gasteiger partial charge is 0.359 e. The topological polar surface area (TPSA) is 71.8 Å². The van der Waals surface area contributed by atoms with Gasteiger partial charge in [0.15, 0.2) is 0 Å². The van der Waals surface area contributed by atoms with Crippen molar-refractivity contribution in [3.63, 3.8) is 0 Å². The van der Waals surface area contributed by atoms with E-state index in [9.17, 15) is 9.59 Å². The molecule has 0 aliphatic rings. The molecule has 0 aliphatic heterocycles. The van der Waals surface area contributed by atoms with E-state index in [-0.39, 0.29) is 18.1 Å². The van der Waals surface area contributed by atoms with Gasteiger partial charge in [-0.05, 0) is 50.2 Å². The molecule has 132 valence electrons. The van der Waals surface area contributed by atoms with Crippen LogP contribution in [0.3, 0.4) is 0 Å². The second kappa shape index (κ2) is 6.22. The Morgan fingerprint density at radius 2 is 1.81 bits per heavy atom. The van der Waals surface area contributed by atoms with Crippen LogP contribution in [0.5, 0.6) is 0 Å². The third-order valence-corrected chi connectivity index (χ3v) is 4.58. The first kappa shape index (κ1) is 16.2. The van der Waals surface area contributed by atoms with Crippen molar-refractivity contribution in [2.75, 3.05) is 5.32 Å². The molecule has 2 N–H and O–H groups in total. The molecule has 26 heavy (non-hydrogen) atoms. The monoisotopic (exact) mass is 348 g/mol. The van der Waals surface area contributed by atoms with Gasteiger partial charge in [0.05, 0.1) is 11.0 Å². The molecule has 4 rings (SSSR count). The smallest absolute Gasteiger partial charge is 0.329 e. The van der Waals surface area contributed by atoms with Crippen LogP contribution in [0, 0.1) is 6.92 Å². The van der Waals surface area contributed by atoms with Gasteiger partial charge >= 0.3 is 5.69 Å². The molecule has 0 atom stereocenters. The van der Waals surface area contributed by atoms with Crippen LogP contribution in [0.15, 0.2) is 53.3 Å². The predicted octanol–water partition coefficient (Wildman–Crippen LogP) is 3.25. The van der Waals surface area contributed by atoms with E-state index in [0.29, 0.717) is 12.2 Å². The predicted molar refractivity (Wildman–Crippen MR) is 104 cm³/mol. The maximum atomic E-state index is 12.6. The van der Waals surface area contributed by atoms with Gasteiger partial charge in [-0.15, -0.1) is 0 Å². The highest BCUT2D eigenvalue weighted by Gasteiger charge is 2.14. The number of hydrogen-bond donors (Lipinski definition) is 2. The number of H-pyrrole nitrogens is 1. The zero-order valence-corrected chi connectivity index (χ0v) is 14.7. The molecular weight excluding hydrogens is 328 g/mol. The summed E-state index contributed by atoms with van der Waals surface area (Å²) >= 11 is 0. The fourth-order valence-electron chi connectivity index (χ4n) is 3.43. The number of amides is 1. The first-order valence-corrected chi connectivity index (χ1v) is 8.64. The third-order valence-electron chi connectivity index (χ3n) is 4.58. The number of para-hydroxylation sites is 2. The van der Waals surface area contributed by atoms with Gasteiger partial charge in [0.2, 0.25) is 5.91 Å². The lowest BCUT2D eigenvalue weighted by atomic mass is 10.2. The molecule has 0 saturated carbocycles. The average Bonchev–Trinajstić information content (AvgIpc) is 3.11. The van der Waals surface area contributed by atoms with Crippen LogP contribution >= 0.6 is 0 Å². The summed E-state index contributed by atoms with van der Waals surface area (Å²) in [5.41, 5.74) is 4.27. The van der Waals surface area contributed by atoms with Gasteiger partial charge < -0.3 is 10.3 Å². The molecule has 2 aromatic heterocycles. The van der Waals surface area contributed by atoms with E-state index in [1.54, 1.807) is 4.57 Å². The normalized spacial score (nSPS) is 11.3. The molecule has 0 fully saturated rings. The summed E-state index contributed by atoms with van der Waals surface area (Å²) in [6.45, 7) is 4.47. The van der Waals surface area contributed by atoms with E-state index in [4.69, 9.17) is 0 Å². The number of nitrogens with one attached hydrogen (secondary N) is 2. The Morgan fingerprint density at radius 1 is 1.08 bits per heavy atom. The molecule has 0 aliphatic carbocycles. The van der Waals surface area contributed by atoms with Gasteiger partial charge in [-0.3, -0.25) is 13.9 Å². The molecule has 0 unspecified atom stereocenters. The number of rotatable bonds is 4. The third kappa shape index (κ3) is 2.69. The van der Waals surface area contributed by atoms with Gasteiger partial charge in [0.25, 0.3) is 0 Å². The molecule has 6 heteroatoms. The number of anilines is 1. The zero-order chi connectivity index (χ0) is 18.3. The lowest BCUT2D eigenvalue weighted by Gasteiger charge is -2.06. The number of aromatic nitrogens is 3. The van der Waals surface area contributed by atoms with E-state index in [0.717, 1.165) is 27.6 Å². The van der Waals surface area contributed by atoms with Crippen molar-refractivity contribution >= 4 is 33.5 Å². The second-order valence-electron chi connectivity index (χ2n) is 6.40. The lowest BCUT2D eigenvalue weighted by Crippen LogP contribution is -2.29. The molecular formula is C20H20N4O2. The van der Waals surface area contributed by atoms with Crippen molar-refractivity contribution in [3.8, 4) is 0 Å². The van der Waals surface area contributed by atoms with E-state index in [1.807, 2.05) is 62.4 Å². The summed E-state index contributed by atoms with van der Waals surface area (Å²) in [5, 5.41) is 3.93. The Morgan fingerprint density at radius 3 is 2.54 bits per heavy atom. The number of carbonyl (C=O) groups excluding carboxylic acids is 1. The van der Waals surface area contributed by atoms with Crippen molar-refractivity contribution < 1.29 is 4.79 Å². The Labute approximate surface area is 150 Å². The molecule has 6 nitrogen and oxygen atoms in total. The number of aryl methyl sites for hydroxylation is 2. The van der Waals surface area contributed by atoms with E-state index >= 15 is 0 Å². The van der Waals surface area contributed by atoms with E-state index < -0.39 is 0 Å². The lowest BCUT2D eigenvalue weighted by molar-refractivity contribution is -0.116. The molecule has 2 aromatic carbocycles. The number of imidazole rings is 1.